The molecule has 0 amide bonds. The molecule has 0 bridgehead atoms. The van der Waals surface area contributed by atoms with Crippen molar-refractivity contribution in [3.05, 3.63) is 38.8 Å². The molecule has 0 unspecified atom stereocenters. The molecule has 0 aromatic heterocycles. The van der Waals surface area contributed by atoms with Crippen LogP contribution in [0.25, 0.3) is 5.57 Å². The number of allylic oxidation sites excluding steroid dienone is 1. The minimum atomic E-state index is 0.124. The van der Waals surface area contributed by atoms with Gasteiger partial charge < -0.3 is 0 Å². The van der Waals surface area contributed by atoms with Gasteiger partial charge in [-0.1, -0.05) is 52.0 Å². The number of fused-ring (bicyclic) bond motifs is 1. The molecule has 1 aliphatic carbocycles. The second kappa shape index (κ2) is 3.71. The minimum absolute atomic E-state index is 0.124. The van der Waals surface area contributed by atoms with Crippen LogP contribution in [0.1, 0.15) is 38.8 Å². The van der Waals surface area contributed by atoms with Crippen molar-refractivity contribution in [2.45, 2.75) is 33.1 Å². The SMILES string of the molecule is CC1(C)C(=C(Br)Br)c2ccccc2C1(C)C. The lowest BCUT2D eigenvalue weighted by Crippen LogP contribution is -2.31. The number of rotatable bonds is 0. The lowest BCUT2D eigenvalue weighted by molar-refractivity contribution is 0.300. The second-order valence-electron chi connectivity index (χ2n) is 5.43. The average molecular weight is 344 g/mol. The van der Waals surface area contributed by atoms with Gasteiger partial charge in [0.2, 0.25) is 0 Å². The average Bonchev–Trinajstić information content (AvgIpc) is 2.32. The highest BCUT2D eigenvalue weighted by Crippen LogP contribution is 2.60. The molecular formula is C14H16Br2. The van der Waals surface area contributed by atoms with Crippen LogP contribution in [-0.2, 0) is 5.41 Å². The van der Waals surface area contributed by atoms with Crippen molar-refractivity contribution in [1.29, 1.82) is 0 Å². The largest absolute Gasteiger partial charge is 0.0647 e. The molecule has 16 heavy (non-hydrogen) atoms. The van der Waals surface area contributed by atoms with Crippen molar-refractivity contribution < 1.29 is 0 Å². The quantitative estimate of drug-likeness (QED) is 0.586. The van der Waals surface area contributed by atoms with Gasteiger partial charge in [0.1, 0.15) is 0 Å². The van der Waals surface area contributed by atoms with Crippen molar-refractivity contribution in [3.8, 4) is 0 Å². The van der Waals surface area contributed by atoms with Gasteiger partial charge in [0.15, 0.2) is 0 Å². The van der Waals surface area contributed by atoms with E-state index in [-0.39, 0.29) is 10.8 Å². The predicted molar refractivity (Wildman–Crippen MR) is 78.0 cm³/mol. The van der Waals surface area contributed by atoms with Crippen LogP contribution in [0.5, 0.6) is 0 Å². The third kappa shape index (κ3) is 1.46. The first-order valence-corrected chi connectivity index (χ1v) is 7.04. The van der Waals surface area contributed by atoms with E-state index in [4.69, 9.17) is 0 Å². The van der Waals surface area contributed by atoms with Crippen LogP contribution in [0, 0.1) is 5.41 Å². The highest BCUT2D eigenvalue weighted by atomic mass is 79.9. The van der Waals surface area contributed by atoms with Crippen LogP contribution in [0.2, 0.25) is 0 Å². The Hall–Kier alpha value is -0.0800. The fourth-order valence-corrected chi connectivity index (χ4v) is 3.99. The Morgan fingerprint density at radius 1 is 0.938 bits per heavy atom. The summed E-state index contributed by atoms with van der Waals surface area (Å²) >= 11 is 7.19. The van der Waals surface area contributed by atoms with Gasteiger partial charge in [0.25, 0.3) is 0 Å². The Kier molecular flexibility index (Phi) is 2.87. The normalized spacial score (nSPS) is 20.8. The fraction of sp³-hybridized carbons (Fsp3) is 0.429. The summed E-state index contributed by atoms with van der Waals surface area (Å²) in [6.07, 6.45) is 0. The van der Waals surface area contributed by atoms with Crippen molar-refractivity contribution in [3.63, 3.8) is 0 Å². The van der Waals surface area contributed by atoms with E-state index in [2.05, 4.69) is 83.8 Å². The molecular weight excluding hydrogens is 328 g/mol. The maximum atomic E-state index is 3.59. The molecule has 0 N–H and O–H groups in total. The molecule has 1 aromatic carbocycles. The van der Waals surface area contributed by atoms with Gasteiger partial charge in [0.05, 0.1) is 3.39 Å². The monoisotopic (exact) mass is 342 g/mol. The van der Waals surface area contributed by atoms with E-state index >= 15 is 0 Å². The lowest BCUT2D eigenvalue weighted by atomic mass is 9.67. The lowest BCUT2D eigenvalue weighted by Gasteiger charge is -2.36. The van der Waals surface area contributed by atoms with Crippen molar-refractivity contribution in [2.24, 2.45) is 5.41 Å². The van der Waals surface area contributed by atoms with Gasteiger partial charge in [-0.2, -0.15) is 0 Å². The van der Waals surface area contributed by atoms with E-state index in [1.807, 2.05) is 0 Å². The molecule has 2 rings (SSSR count). The number of hydrogen-bond acceptors (Lipinski definition) is 0. The Morgan fingerprint density at radius 2 is 1.50 bits per heavy atom. The van der Waals surface area contributed by atoms with E-state index in [1.54, 1.807) is 0 Å². The maximum absolute atomic E-state index is 3.59. The smallest absolute Gasteiger partial charge is 0.0619 e. The van der Waals surface area contributed by atoms with E-state index in [1.165, 1.54) is 16.7 Å². The molecule has 0 aliphatic heterocycles. The third-order valence-electron chi connectivity index (χ3n) is 4.25. The van der Waals surface area contributed by atoms with Crippen molar-refractivity contribution in [1.82, 2.24) is 0 Å². The topological polar surface area (TPSA) is 0 Å². The highest BCUT2D eigenvalue weighted by Gasteiger charge is 2.49. The first-order valence-electron chi connectivity index (χ1n) is 5.46. The van der Waals surface area contributed by atoms with Gasteiger partial charge in [-0.25, -0.2) is 0 Å². The van der Waals surface area contributed by atoms with Crippen LogP contribution in [-0.4, -0.2) is 0 Å². The number of halogens is 2. The van der Waals surface area contributed by atoms with Crippen molar-refractivity contribution >= 4 is 37.4 Å². The Morgan fingerprint density at radius 3 is 2.06 bits per heavy atom. The molecule has 2 heteroatoms. The Labute approximate surface area is 114 Å². The van der Waals surface area contributed by atoms with E-state index in [9.17, 15) is 0 Å². The predicted octanol–water partition coefficient (Wildman–Crippen LogP) is 5.46. The number of hydrogen-bond donors (Lipinski definition) is 0. The van der Waals surface area contributed by atoms with Crippen molar-refractivity contribution in [2.75, 3.05) is 0 Å². The van der Waals surface area contributed by atoms with Gasteiger partial charge in [-0.15, -0.1) is 0 Å². The van der Waals surface area contributed by atoms with Crippen LogP contribution in [0.4, 0.5) is 0 Å². The molecule has 0 fully saturated rings. The zero-order chi connectivity index (χ0) is 12.1. The van der Waals surface area contributed by atoms with E-state index < -0.39 is 0 Å². The molecule has 0 spiro atoms. The summed E-state index contributed by atoms with van der Waals surface area (Å²) in [7, 11) is 0. The zero-order valence-electron chi connectivity index (χ0n) is 10.1. The molecule has 0 saturated heterocycles. The molecule has 1 aliphatic rings. The van der Waals surface area contributed by atoms with Gasteiger partial charge in [0, 0.05) is 5.41 Å². The second-order valence-corrected chi connectivity index (χ2v) is 8.08. The molecule has 0 atom stereocenters. The Bertz CT molecular complexity index is 463. The highest BCUT2D eigenvalue weighted by molar-refractivity contribution is 9.28. The summed E-state index contributed by atoms with van der Waals surface area (Å²) in [5.41, 5.74) is 4.45. The third-order valence-corrected chi connectivity index (χ3v) is 5.04. The molecule has 1 aromatic rings. The van der Waals surface area contributed by atoms with Crippen LogP contribution in [0.15, 0.2) is 27.7 Å². The van der Waals surface area contributed by atoms with Crippen LogP contribution in [0.3, 0.4) is 0 Å². The van der Waals surface area contributed by atoms with Gasteiger partial charge in [-0.3, -0.25) is 0 Å². The first kappa shape index (κ1) is 12.4. The van der Waals surface area contributed by atoms with Gasteiger partial charge >= 0.3 is 0 Å². The summed E-state index contributed by atoms with van der Waals surface area (Å²) in [4.78, 5) is 0. The maximum Gasteiger partial charge on any atom is 0.0647 e. The fourth-order valence-electron chi connectivity index (χ4n) is 2.57. The zero-order valence-corrected chi connectivity index (χ0v) is 13.2. The molecule has 86 valence electrons. The molecule has 0 heterocycles. The van der Waals surface area contributed by atoms with Crippen LogP contribution >= 0.6 is 31.9 Å². The van der Waals surface area contributed by atoms with E-state index in [0.29, 0.717) is 0 Å². The summed E-state index contributed by atoms with van der Waals surface area (Å²) in [5.74, 6) is 0. The number of benzene rings is 1. The first-order chi connectivity index (χ1) is 7.30. The van der Waals surface area contributed by atoms with Crippen LogP contribution < -0.4 is 0 Å². The van der Waals surface area contributed by atoms with Gasteiger partial charge in [-0.05, 0) is 54.0 Å². The summed E-state index contributed by atoms with van der Waals surface area (Å²) < 4.78 is 1.07. The molecule has 0 saturated carbocycles. The minimum Gasteiger partial charge on any atom is -0.0619 e. The molecule has 0 nitrogen and oxygen atoms in total. The molecule has 0 radical (unpaired) electrons. The van der Waals surface area contributed by atoms with E-state index in [0.717, 1.165) is 3.39 Å². The standard InChI is InChI=1S/C14H16Br2/c1-13(2)10-8-6-5-7-9(10)11(12(15)16)14(13,3)4/h5-8H,1-4H3. The summed E-state index contributed by atoms with van der Waals surface area (Å²) in [6.45, 7) is 9.26. The summed E-state index contributed by atoms with van der Waals surface area (Å²) in [6, 6.07) is 8.69. The summed E-state index contributed by atoms with van der Waals surface area (Å²) in [5, 5.41) is 0. The Balaban J connectivity index is 2.83.